The molecule has 2 aromatic carbocycles. The van der Waals surface area contributed by atoms with Gasteiger partial charge in [-0.1, -0.05) is 29.8 Å². The van der Waals surface area contributed by atoms with Gasteiger partial charge in [-0.2, -0.15) is 4.99 Å². The number of anilines is 2. The van der Waals surface area contributed by atoms with Crippen molar-refractivity contribution >= 4 is 46.7 Å². The van der Waals surface area contributed by atoms with Crippen LogP contribution in [0, 0.1) is 13.8 Å². The van der Waals surface area contributed by atoms with Gasteiger partial charge in [0.15, 0.2) is 0 Å². The highest BCUT2D eigenvalue weighted by Crippen LogP contribution is 2.23. The van der Waals surface area contributed by atoms with Gasteiger partial charge in [0.2, 0.25) is 17.8 Å². The predicted octanol–water partition coefficient (Wildman–Crippen LogP) is 2.57. The SMILES string of the molecule is Cc1cccc(N/C(N)=N/C2=NC(CC(=O)Nc3ccc(C)cc3Cl)C(=O)N2)c1. The summed E-state index contributed by atoms with van der Waals surface area (Å²) in [5, 5.41) is 8.56. The van der Waals surface area contributed by atoms with Crippen LogP contribution in [-0.4, -0.2) is 29.8 Å². The molecule has 0 radical (unpaired) electrons. The van der Waals surface area contributed by atoms with E-state index in [0.717, 1.165) is 16.8 Å². The minimum atomic E-state index is -0.884. The Hall–Kier alpha value is -3.39. The van der Waals surface area contributed by atoms with Crippen LogP contribution in [0.1, 0.15) is 17.5 Å². The lowest BCUT2D eigenvalue weighted by Crippen LogP contribution is -2.32. The highest BCUT2D eigenvalue weighted by atomic mass is 35.5. The van der Waals surface area contributed by atoms with Crippen molar-refractivity contribution in [3.05, 3.63) is 58.6 Å². The Balaban J connectivity index is 1.62. The van der Waals surface area contributed by atoms with E-state index in [0.29, 0.717) is 10.7 Å². The number of carbonyl (C=O) groups excluding carboxylic acids is 2. The van der Waals surface area contributed by atoms with Crippen LogP contribution in [0.15, 0.2) is 52.4 Å². The summed E-state index contributed by atoms with van der Waals surface area (Å²) < 4.78 is 0. The second kappa shape index (κ2) is 8.74. The van der Waals surface area contributed by atoms with Gasteiger partial charge in [-0.05, 0) is 49.2 Å². The number of hydrogen-bond donors (Lipinski definition) is 4. The molecule has 0 saturated carbocycles. The number of carbonyl (C=O) groups is 2. The van der Waals surface area contributed by atoms with Crippen molar-refractivity contribution in [2.45, 2.75) is 26.3 Å². The van der Waals surface area contributed by atoms with Gasteiger partial charge in [-0.3, -0.25) is 14.9 Å². The van der Waals surface area contributed by atoms with E-state index in [1.807, 2.05) is 44.2 Å². The molecular formula is C20H21ClN6O2. The molecule has 1 unspecified atom stereocenters. The third-order valence-corrected chi connectivity index (χ3v) is 4.42. The molecule has 1 atom stereocenters. The minimum Gasteiger partial charge on any atom is -0.369 e. The van der Waals surface area contributed by atoms with Gasteiger partial charge in [0, 0.05) is 5.69 Å². The average molecular weight is 413 g/mol. The normalized spacial score (nSPS) is 16.2. The fourth-order valence-electron chi connectivity index (χ4n) is 2.74. The molecule has 0 bridgehead atoms. The average Bonchev–Trinajstić information content (AvgIpc) is 2.96. The monoisotopic (exact) mass is 412 g/mol. The zero-order valence-corrected chi connectivity index (χ0v) is 16.7. The number of halogens is 1. The Labute approximate surface area is 173 Å². The van der Waals surface area contributed by atoms with Crippen molar-refractivity contribution < 1.29 is 9.59 Å². The molecule has 5 N–H and O–H groups in total. The van der Waals surface area contributed by atoms with Crippen LogP contribution in [0.2, 0.25) is 5.02 Å². The van der Waals surface area contributed by atoms with Crippen molar-refractivity contribution in [2.24, 2.45) is 15.7 Å². The molecule has 1 heterocycles. The topological polar surface area (TPSA) is 121 Å². The summed E-state index contributed by atoms with van der Waals surface area (Å²) in [7, 11) is 0. The van der Waals surface area contributed by atoms with Gasteiger partial charge in [0.25, 0.3) is 5.91 Å². The van der Waals surface area contributed by atoms with Gasteiger partial charge in [-0.15, -0.1) is 0 Å². The second-order valence-electron chi connectivity index (χ2n) is 6.68. The predicted molar refractivity (Wildman–Crippen MR) is 115 cm³/mol. The van der Waals surface area contributed by atoms with Crippen LogP contribution < -0.4 is 21.7 Å². The van der Waals surface area contributed by atoms with Gasteiger partial charge in [0.1, 0.15) is 6.04 Å². The zero-order valence-electron chi connectivity index (χ0n) is 16.0. The Bertz CT molecular complexity index is 1020. The lowest BCUT2D eigenvalue weighted by molar-refractivity contribution is -0.123. The third kappa shape index (κ3) is 5.55. The van der Waals surface area contributed by atoms with E-state index in [1.54, 1.807) is 12.1 Å². The quantitative estimate of drug-likeness (QED) is 0.455. The van der Waals surface area contributed by atoms with Crippen LogP contribution in [0.3, 0.4) is 0 Å². The van der Waals surface area contributed by atoms with Crippen molar-refractivity contribution in [3.8, 4) is 0 Å². The Morgan fingerprint density at radius 3 is 2.69 bits per heavy atom. The molecule has 1 aliphatic heterocycles. The fraction of sp³-hybridized carbons (Fsp3) is 0.200. The van der Waals surface area contributed by atoms with E-state index < -0.39 is 11.9 Å². The minimum absolute atomic E-state index is 0.0545. The third-order valence-electron chi connectivity index (χ3n) is 4.11. The first-order valence-corrected chi connectivity index (χ1v) is 9.30. The van der Waals surface area contributed by atoms with E-state index in [4.69, 9.17) is 17.3 Å². The molecule has 0 fully saturated rings. The van der Waals surface area contributed by atoms with E-state index >= 15 is 0 Å². The molecule has 2 amide bonds. The summed E-state index contributed by atoms with van der Waals surface area (Å²) in [6, 6.07) is 12.0. The van der Waals surface area contributed by atoms with Gasteiger partial charge >= 0.3 is 0 Å². The Morgan fingerprint density at radius 1 is 1.21 bits per heavy atom. The highest BCUT2D eigenvalue weighted by molar-refractivity contribution is 6.33. The lowest BCUT2D eigenvalue weighted by atomic mass is 10.2. The molecule has 0 spiro atoms. The summed E-state index contributed by atoms with van der Waals surface area (Å²) in [6.07, 6.45) is -0.139. The van der Waals surface area contributed by atoms with Crippen LogP contribution in [-0.2, 0) is 9.59 Å². The first-order chi connectivity index (χ1) is 13.8. The van der Waals surface area contributed by atoms with Crippen LogP contribution in [0.4, 0.5) is 11.4 Å². The van der Waals surface area contributed by atoms with E-state index in [9.17, 15) is 9.59 Å². The summed E-state index contributed by atoms with van der Waals surface area (Å²) in [5.74, 6) is -0.669. The number of guanidine groups is 2. The molecule has 1 aliphatic rings. The largest absolute Gasteiger partial charge is 0.369 e. The number of aryl methyl sites for hydroxylation is 2. The number of benzene rings is 2. The number of amides is 2. The van der Waals surface area contributed by atoms with Gasteiger partial charge in [0.05, 0.1) is 17.1 Å². The number of hydrogen-bond acceptors (Lipinski definition) is 4. The maximum atomic E-state index is 12.3. The summed E-state index contributed by atoms with van der Waals surface area (Å²) in [6.45, 7) is 3.86. The van der Waals surface area contributed by atoms with Crippen LogP contribution in [0.25, 0.3) is 0 Å². The Morgan fingerprint density at radius 2 is 1.97 bits per heavy atom. The molecule has 8 nitrogen and oxygen atoms in total. The number of aliphatic imine (C=N–C) groups is 2. The first kappa shape index (κ1) is 20.3. The maximum Gasteiger partial charge on any atom is 0.252 e. The number of nitrogens with zero attached hydrogens (tertiary/aromatic N) is 2. The van der Waals surface area contributed by atoms with Crippen LogP contribution in [0.5, 0.6) is 0 Å². The van der Waals surface area contributed by atoms with Crippen LogP contribution >= 0.6 is 11.6 Å². The highest BCUT2D eigenvalue weighted by Gasteiger charge is 2.28. The van der Waals surface area contributed by atoms with Crippen molar-refractivity contribution in [1.29, 1.82) is 0 Å². The first-order valence-electron chi connectivity index (χ1n) is 8.92. The van der Waals surface area contributed by atoms with E-state index in [2.05, 4.69) is 25.9 Å². The molecule has 150 valence electrons. The van der Waals surface area contributed by atoms with Crippen molar-refractivity contribution in [2.75, 3.05) is 10.6 Å². The molecular weight excluding hydrogens is 392 g/mol. The summed E-state index contributed by atoms with van der Waals surface area (Å²) in [4.78, 5) is 32.6. The second-order valence-corrected chi connectivity index (χ2v) is 7.09. The zero-order chi connectivity index (χ0) is 21.0. The fourth-order valence-corrected chi connectivity index (χ4v) is 3.02. The summed E-state index contributed by atoms with van der Waals surface area (Å²) in [5.41, 5.74) is 9.16. The molecule has 0 aliphatic carbocycles. The molecule has 0 aromatic heterocycles. The van der Waals surface area contributed by atoms with Crippen molar-refractivity contribution in [3.63, 3.8) is 0 Å². The van der Waals surface area contributed by atoms with Gasteiger partial charge in [-0.25, -0.2) is 4.99 Å². The molecule has 9 heteroatoms. The molecule has 3 rings (SSSR count). The maximum absolute atomic E-state index is 12.3. The number of nitrogens with one attached hydrogen (secondary N) is 3. The van der Waals surface area contributed by atoms with E-state index in [-0.39, 0.29) is 24.2 Å². The molecule has 2 aromatic rings. The standard InChI is InChI=1S/C20H21ClN6O2/c1-11-4-3-5-13(8-11)23-19(22)27-20-25-16(18(29)26-20)10-17(28)24-15-7-6-12(2)9-14(15)21/h3-9,16H,10H2,1-2H3,(H,24,28)(H4,22,23,25,26,27,29). The Kier molecular flexibility index (Phi) is 6.13. The van der Waals surface area contributed by atoms with E-state index in [1.165, 1.54) is 0 Å². The smallest absolute Gasteiger partial charge is 0.252 e. The van der Waals surface area contributed by atoms with Crippen molar-refractivity contribution in [1.82, 2.24) is 5.32 Å². The number of rotatable bonds is 4. The number of nitrogens with two attached hydrogens (primary N) is 1. The van der Waals surface area contributed by atoms with Gasteiger partial charge < -0.3 is 16.4 Å². The molecule has 0 saturated heterocycles. The molecule has 29 heavy (non-hydrogen) atoms. The lowest BCUT2D eigenvalue weighted by Gasteiger charge is -2.09. The summed E-state index contributed by atoms with van der Waals surface area (Å²) >= 11 is 6.12.